The number of nitrogens with zero attached hydrogens (tertiary/aromatic N) is 1. The molecule has 124 valence electrons. The second-order valence-corrected chi connectivity index (χ2v) is 6.10. The van der Waals surface area contributed by atoms with Gasteiger partial charge in [0.2, 0.25) is 0 Å². The number of rotatable bonds is 5. The second-order valence-electron chi connectivity index (χ2n) is 4.45. The smallest absolute Gasteiger partial charge is 0.265 e. The molecule has 0 saturated heterocycles. The van der Waals surface area contributed by atoms with E-state index in [4.69, 9.17) is 16.7 Å². The highest BCUT2D eigenvalue weighted by Gasteiger charge is 2.16. The molecular formula is C13H10ClF3N2O3S. The van der Waals surface area contributed by atoms with Crippen molar-refractivity contribution < 1.29 is 23.1 Å². The van der Waals surface area contributed by atoms with Crippen molar-refractivity contribution >= 4 is 34.5 Å². The van der Waals surface area contributed by atoms with E-state index in [0.717, 1.165) is 18.3 Å². The zero-order chi connectivity index (χ0) is 17.1. The third-order valence-corrected chi connectivity index (χ3v) is 4.10. The molecule has 0 fully saturated rings. The summed E-state index contributed by atoms with van der Waals surface area (Å²) in [6, 6.07) is 2.10. The highest BCUT2D eigenvalue weighted by atomic mass is 35.5. The number of aromatic nitrogens is 1. The SMILES string of the molecule is O=C(Nc1cc(CO)c(=O)n(CC(F)F)c1)c1cc(F)c(Cl)s1. The molecule has 0 bridgehead atoms. The van der Waals surface area contributed by atoms with Crippen LogP contribution in [-0.4, -0.2) is 22.0 Å². The van der Waals surface area contributed by atoms with Gasteiger partial charge >= 0.3 is 0 Å². The van der Waals surface area contributed by atoms with Crippen molar-refractivity contribution in [2.45, 2.75) is 19.6 Å². The molecule has 2 aromatic rings. The van der Waals surface area contributed by atoms with Crippen molar-refractivity contribution in [3.8, 4) is 0 Å². The fraction of sp³-hybridized carbons (Fsp3) is 0.231. The summed E-state index contributed by atoms with van der Waals surface area (Å²) in [6.07, 6.45) is -1.76. The minimum Gasteiger partial charge on any atom is -0.391 e. The number of pyridine rings is 1. The van der Waals surface area contributed by atoms with Gasteiger partial charge in [-0.25, -0.2) is 13.2 Å². The predicted octanol–water partition coefficient (Wildman–Crippen LogP) is 2.71. The number of anilines is 1. The average Bonchev–Trinajstić information content (AvgIpc) is 2.81. The first-order valence-corrected chi connectivity index (χ1v) is 7.39. The Labute approximate surface area is 136 Å². The van der Waals surface area contributed by atoms with Crippen LogP contribution in [0.1, 0.15) is 15.2 Å². The molecule has 0 aliphatic rings. The zero-order valence-electron chi connectivity index (χ0n) is 11.4. The maximum absolute atomic E-state index is 13.2. The van der Waals surface area contributed by atoms with Crippen LogP contribution >= 0.6 is 22.9 Å². The van der Waals surface area contributed by atoms with Crippen LogP contribution < -0.4 is 10.9 Å². The zero-order valence-corrected chi connectivity index (χ0v) is 12.9. The Morgan fingerprint density at radius 2 is 2.13 bits per heavy atom. The predicted molar refractivity (Wildman–Crippen MR) is 79.9 cm³/mol. The molecule has 0 aliphatic heterocycles. The summed E-state index contributed by atoms with van der Waals surface area (Å²) in [5.41, 5.74) is -0.918. The Morgan fingerprint density at radius 3 is 2.65 bits per heavy atom. The van der Waals surface area contributed by atoms with Crippen molar-refractivity contribution in [2.75, 3.05) is 5.32 Å². The van der Waals surface area contributed by atoms with Gasteiger partial charge in [-0.15, -0.1) is 11.3 Å². The minimum atomic E-state index is -2.78. The topological polar surface area (TPSA) is 71.3 Å². The third-order valence-electron chi connectivity index (χ3n) is 2.79. The number of amides is 1. The van der Waals surface area contributed by atoms with Gasteiger partial charge in [-0.1, -0.05) is 11.6 Å². The van der Waals surface area contributed by atoms with Crippen LogP contribution in [-0.2, 0) is 13.2 Å². The molecule has 0 spiro atoms. The van der Waals surface area contributed by atoms with Crippen molar-refractivity contribution in [3.05, 3.63) is 49.3 Å². The quantitative estimate of drug-likeness (QED) is 0.854. The van der Waals surface area contributed by atoms with Crippen molar-refractivity contribution in [2.24, 2.45) is 0 Å². The van der Waals surface area contributed by atoms with Crippen LogP contribution in [0.4, 0.5) is 18.9 Å². The van der Waals surface area contributed by atoms with Crippen LogP contribution in [0.25, 0.3) is 0 Å². The summed E-state index contributed by atoms with van der Waals surface area (Å²) in [5, 5.41) is 11.5. The van der Waals surface area contributed by atoms with E-state index in [9.17, 15) is 22.8 Å². The lowest BCUT2D eigenvalue weighted by molar-refractivity contribution is 0.103. The Morgan fingerprint density at radius 1 is 1.43 bits per heavy atom. The molecule has 0 atom stereocenters. The van der Waals surface area contributed by atoms with Gasteiger partial charge in [0.25, 0.3) is 17.9 Å². The van der Waals surface area contributed by atoms with E-state index in [1.807, 2.05) is 0 Å². The highest BCUT2D eigenvalue weighted by molar-refractivity contribution is 7.18. The molecule has 2 heterocycles. The molecule has 0 saturated carbocycles. The largest absolute Gasteiger partial charge is 0.391 e. The number of hydrogen-bond acceptors (Lipinski definition) is 4. The molecule has 23 heavy (non-hydrogen) atoms. The maximum atomic E-state index is 13.2. The normalized spacial score (nSPS) is 11.0. The summed E-state index contributed by atoms with van der Waals surface area (Å²) in [4.78, 5) is 23.7. The van der Waals surface area contributed by atoms with Gasteiger partial charge in [0.05, 0.1) is 23.7 Å². The fourth-order valence-corrected chi connectivity index (χ4v) is 2.77. The van der Waals surface area contributed by atoms with Crippen molar-refractivity contribution in [1.29, 1.82) is 0 Å². The Balaban J connectivity index is 2.31. The molecule has 1 amide bonds. The Bertz CT molecular complexity index is 772. The maximum Gasteiger partial charge on any atom is 0.265 e. The molecule has 2 N–H and O–H groups in total. The van der Waals surface area contributed by atoms with Crippen molar-refractivity contribution in [1.82, 2.24) is 4.57 Å². The number of carbonyl (C=O) groups is 1. The number of aliphatic hydroxyl groups is 1. The number of carbonyl (C=O) groups excluding carboxylic acids is 1. The van der Waals surface area contributed by atoms with E-state index < -0.39 is 36.9 Å². The van der Waals surface area contributed by atoms with Gasteiger partial charge in [0.1, 0.15) is 4.34 Å². The first kappa shape index (κ1) is 17.5. The lowest BCUT2D eigenvalue weighted by Gasteiger charge is -2.11. The lowest BCUT2D eigenvalue weighted by atomic mass is 10.2. The van der Waals surface area contributed by atoms with Gasteiger partial charge in [-0.05, 0) is 12.1 Å². The van der Waals surface area contributed by atoms with E-state index in [1.54, 1.807) is 0 Å². The average molecular weight is 367 g/mol. The molecule has 2 aromatic heterocycles. The summed E-state index contributed by atoms with van der Waals surface area (Å²) >= 11 is 6.24. The number of halogens is 4. The molecule has 2 rings (SSSR count). The fourth-order valence-electron chi connectivity index (χ4n) is 1.81. The minimum absolute atomic E-state index is 0.0178. The summed E-state index contributed by atoms with van der Waals surface area (Å²) in [5.74, 6) is -1.47. The van der Waals surface area contributed by atoms with Crippen LogP contribution in [0, 0.1) is 5.82 Å². The molecule has 0 unspecified atom stereocenters. The molecule has 0 radical (unpaired) electrons. The standard InChI is InChI=1S/C13H10ClF3N2O3S/c14-11-8(15)2-9(23-11)12(21)18-7-1-6(5-20)13(22)19(3-7)4-10(16)17/h1-3,10,20H,4-5H2,(H,18,21). The first-order chi connectivity index (χ1) is 10.8. The van der Waals surface area contributed by atoms with E-state index >= 15 is 0 Å². The van der Waals surface area contributed by atoms with Gasteiger partial charge in [0, 0.05) is 11.8 Å². The van der Waals surface area contributed by atoms with Gasteiger partial charge in [-0.2, -0.15) is 0 Å². The van der Waals surface area contributed by atoms with Crippen LogP contribution in [0.2, 0.25) is 4.34 Å². The molecule has 10 heteroatoms. The number of nitrogens with one attached hydrogen (secondary N) is 1. The Hall–Kier alpha value is -1.84. The van der Waals surface area contributed by atoms with Gasteiger partial charge in [0.15, 0.2) is 5.82 Å². The monoisotopic (exact) mass is 366 g/mol. The molecule has 5 nitrogen and oxygen atoms in total. The van der Waals surface area contributed by atoms with Crippen LogP contribution in [0.5, 0.6) is 0 Å². The number of thiophene rings is 1. The first-order valence-electron chi connectivity index (χ1n) is 6.20. The summed E-state index contributed by atoms with van der Waals surface area (Å²) in [6.45, 7) is -1.56. The van der Waals surface area contributed by atoms with Crippen molar-refractivity contribution in [3.63, 3.8) is 0 Å². The summed E-state index contributed by atoms with van der Waals surface area (Å²) < 4.78 is 38.6. The van der Waals surface area contributed by atoms with Crippen LogP contribution in [0.3, 0.4) is 0 Å². The van der Waals surface area contributed by atoms with E-state index in [-0.39, 0.29) is 20.5 Å². The molecule has 0 aliphatic carbocycles. The lowest BCUT2D eigenvalue weighted by Crippen LogP contribution is -2.27. The van der Waals surface area contributed by atoms with Gasteiger partial charge < -0.3 is 15.0 Å². The third kappa shape index (κ3) is 4.12. The van der Waals surface area contributed by atoms with Gasteiger partial charge in [-0.3, -0.25) is 9.59 Å². The van der Waals surface area contributed by atoms with E-state index in [1.165, 1.54) is 0 Å². The number of aliphatic hydroxyl groups excluding tert-OH is 1. The highest BCUT2D eigenvalue weighted by Crippen LogP contribution is 2.26. The van der Waals surface area contributed by atoms with E-state index in [0.29, 0.717) is 15.9 Å². The van der Waals surface area contributed by atoms with Crippen LogP contribution in [0.15, 0.2) is 23.1 Å². The van der Waals surface area contributed by atoms with E-state index in [2.05, 4.69) is 5.32 Å². The number of hydrogen-bond donors (Lipinski definition) is 2. The Kier molecular flexibility index (Phi) is 5.45. The summed E-state index contributed by atoms with van der Waals surface area (Å²) in [7, 11) is 0. The molecular weight excluding hydrogens is 357 g/mol. The number of alkyl halides is 2. The molecule has 0 aromatic carbocycles. The second kappa shape index (κ2) is 7.16.